The molecule has 0 aliphatic carbocycles. The molecule has 0 aliphatic rings. The van der Waals surface area contributed by atoms with Crippen molar-refractivity contribution in [2.75, 3.05) is 0 Å². The van der Waals surface area contributed by atoms with E-state index < -0.39 is 0 Å². The van der Waals surface area contributed by atoms with Crippen LogP contribution >= 0.6 is 11.8 Å². The molecular formula is C17H21NS. The molecule has 0 fully saturated rings. The molecule has 2 aromatic rings. The highest BCUT2D eigenvalue weighted by Crippen LogP contribution is 2.28. The molecule has 0 bridgehead atoms. The number of aryl methyl sites for hydroxylation is 3. The van der Waals surface area contributed by atoms with Gasteiger partial charge in [-0.1, -0.05) is 35.9 Å². The largest absolute Gasteiger partial charge is 0.326 e. The van der Waals surface area contributed by atoms with Gasteiger partial charge in [0.05, 0.1) is 0 Å². The zero-order valence-corrected chi connectivity index (χ0v) is 12.7. The van der Waals surface area contributed by atoms with Crippen LogP contribution in [0.15, 0.2) is 41.3 Å². The molecule has 0 saturated heterocycles. The molecule has 0 saturated carbocycles. The predicted molar refractivity (Wildman–Crippen MR) is 84.5 cm³/mol. The molecule has 0 aromatic heterocycles. The van der Waals surface area contributed by atoms with Crippen molar-refractivity contribution in [3.05, 3.63) is 64.2 Å². The number of hydrogen-bond acceptors (Lipinski definition) is 2. The van der Waals surface area contributed by atoms with Crippen LogP contribution in [-0.2, 0) is 12.3 Å². The summed E-state index contributed by atoms with van der Waals surface area (Å²) in [6.07, 6.45) is 0. The summed E-state index contributed by atoms with van der Waals surface area (Å²) in [6.45, 7) is 7.10. The first-order valence-electron chi connectivity index (χ1n) is 6.58. The van der Waals surface area contributed by atoms with E-state index in [0.29, 0.717) is 6.54 Å². The normalized spacial score (nSPS) is 10.7. The summed E-state index contributed by atoms with van der Waals surface area (Å²) < 4.78 is 0. The minimum Gasteiger partial charge on any atom is -0.326 e. The highest BCUT2D eigenvalue weighted by molar-refractivity contribution is 7.98. The van der Waals surface area contributed by atoms with Gasteiger partial charge in [-0.25, -0.2) is 0 Å². The summed E-state index contributed by atoms with van der Waals surface area (Å²) in [7, 11) is 0. The molecule has 2 aromatic carbocycles. The SMILES string of the molecule is Cc1ccc(C)c(SCc2ccc(CN)cc2C)c1. The maximum Gasteiger partial charge on any atom is 0.0234 e. The van der Waals surface area contributed by atoms with Crippen molar-refractivity contribution in [3.63, 3.8) is 0 Å². The second-order valence-corrected chi connectivity index (χ2v) is 6.04. The fourth-order valence-electron chi connectivity index (χ4n) is 2.07. The van der Waals surface area contributed by atoms with Gasteiger partial charge in [0.25, 0.3) is 0 Å². The summed E-state index contributed by atoms with van der Waals surface area (Å²) in [5, 5.41) is 0. The number of nitrogens with two attached hydrogens (primary N) is 1. The van der Waals surface area contributed by atoms with Crippen molar-refractivity contribution in [3.8, 4) is 0 Å². The van der Waals surface area contributed by atoms with Crippen LogP contribution in [-0.4, -0.2) is 0 Å². The van der Waals surface area contributed by atoms with Gasteiger partial charge in [-0.05, 0) is 49.1 Å². The molecule has 2 heteroatoms. The second kappa shape index (κ2) is 6.27. The molecule has 0 aliphatic heterocycles. The quantitative estimate of drug-likeness (QED) is 0.836. The Bertz CT molecular complexity index is 575. The maximum atomic E-state index is 5.67. The first kappa shape index (κ1) is 14.2. The smallest absolute Gasteiger partial charge is 0.0234 e. The molecule has 0 unspecified atom stereocenters. The average molecular weight is 271 g/mol. The highest BCUT2D eigenvalue weighted by Gasteiger charge is 2.03. The molecule has 2 N–H and O–H groups in total. The fraction of sp³-hybridized carbons (Fsp3) is 0.294. The Hall–Kier alpha value is -1.25. The van der Waals surface area contributed by atoms with Crippen LogP contribution in [0.3, 0.4) is 0 Å². The van der Waals surface area contributed by atoms with Gasteiger partial charge in [0.15, 0.2) is 0 Å². The molecule has 0 amide bonds. The van der Waals surface area contributed by atoms with Gasteiger partial charge in [-0.2, -0.15) is 0 Å². The third-order valence-corrected chi connectivity index (χ3v) is 4.58. The average Bonchev–Trinajstić information content (AvgIpc) is 2.40. The maximum absolute atomic E-state index is 5.67. The highest BCUT2D eigenvalue weighted by atomic mass is 32.2. The van der Waals surface area contributed by atoms with E-state index in [9.17, 15) is 0 Å². The third-order valence-electron chi connectivity index (χ3n) is 3.37. The minimum atomic E-state index is 0.616. The van der Waals surface area contributed by atoms with Crippen LogP contribution in [0.1, 0.15) is 27.8 Å². The van der Waals surface area contributed by atoms with Crippen molar-refractivity contribution in [1.82, 2.24) is 0 Å². The molecule has 0 spiro atoms. The molecule has 0 atom stereocenters. The van der Waals surface area contributed by atoms with Gasteiger partial charge in [-0.3, -0.25) is 0 Å². The number of hydrogen-bond donors (Lipinski definition) is 1. The van der Waals surface area contributed by atoms with Crippen molar-refractivity contribution >= 4 is 11.8 Å². The zero-order valence-electron chi connectivity index (χ0n) is 11.9. The van der Waals surface area contributed by atoms with Crippen molar-refractivity contribution in [1.29, 1.82) is 0 Å². The van der Waals surface area contributed by atoms with E-state index in [1.165, 1.54) is 32.7 Å². The van der Waals surface area contributed by atoms with Gasteiger partial charge < -0.3 is 5.73 Å². The minimum absolute atomic E-state index is 0.616. The van der Waals surface area contributed by atoms with Gasteiger partial charge >= 0.3 is 0 Å². The monoisotopic (exact) mass is 271 g/mol. The lowest BCUT2D eigenvalue weighted by Gasteiger charge is -2.10. The van der Waals surface area contributed by atoms with Crippen LogP contribution in [0.25, 0.3) is 0 Å². The molecular weight excluding hydrogens is 250 g/mol. The van der Waals surface area contributed by atoms with Crippen molar-refractivity contribution in [2.45, 2.75) is 38.0 Å². The number of benzene rings is 2. The van der Waals surface area contributed by atoms with Gasteiger partial charge in [0.2, 0.25) is 0 Å². The van der Waals surface area contributed by atoms with E-state index in [2.05, 4.69) is 57.2 Å². The van der Waals surface area contributed by atoms with E-state index in [1.807, 2.05) is 11.8 Å². The van der Waals surface area contributed by atoms with Gasteiger partial charge in [0, 0.05) is 17.2 Å². The van der Waals surface area contributed by atoms with Crippen molar-refractivity contribution < 1.29 is 0 Å². The Balaban J connectivity index is 2.12. The summed E-state index contributed by atoms with van der Waals surface area (Å²) >= 11 is 1.91. The Labute approximate surface area is 120 Å². The summed E-state index contributed by atoms with van der Waals surface area (Å²) in [6, 6.07) is 13.2. The standard InChI is InChI=1S/C17H21NS/c1-12-4-5-13(2)17(8-12)19-11-16-7-6-15(10-18)9-14(16)3/h4-9H,10-11,18H2,1-3H3. The van der Waals surface area contributed by atoms with E-state index in [-0.39, 0.29) is 0 Å². The summed E-state index contributed by atoms with van der Waals surface area (Å²) in [4.78, 5) is 1.38. The van der Waals surface area contributed by atoms with Crippen LogP contribution in [0, 0.1) is 20.8 Å². The summed E-state index contributed by atoms with van der Waals surface area (Å²) in [5.74, 6) is 1.01. The van der Waals surface area contributed by atoms with Crippen molar-refractivity contribution in [2.24, 2.45) is 5.73 Å². The molecule has 100 valence electrons. The first-order chi connectivity index (χ1) is 9.10. The number of rotatable bonds is 4. The zero-order chi connectivity index (χ0) is 13.8. The third kappa shape index (κ3) is 3.62. The molecule has 0 heterocycles. The fourth-order valence-corrected chi connectivity index (χ4v) is 3.27. The van der Waals surface area contributed by atoms with Crippen LogP contribution in [0.5, 0.6) is 0 Å². The Morgan fingerprint density at radius 3 is 2.42 bits per heavy atom. The Morgan fingerprint density at radius 1 is 0.947 bits per heavy atom. The topological polar surface area (TPSA) is 26.0 Å². The lowest BCUT2D eigenvalue weighted by molar-refractivity contribution is 1.06. The Morgan fingerprint density at radius 2 is 1.74 bits per heavy atom. The van der Waals surface area contributed by atoms with E-state index in [1.54, 1.807) is 0 Å². The van der Waals surface area contributed by atoms with Crippen LogP contribution in [0.4, 0.5) is 0 Å². The van der Waals surface area contributed by atoms with Crippen LogP contribution < -0.4 is 5.73 Å². The first-order valence-corrected chi connectivity index (χ1v) is 7.57. The van der Waals surface area contributed by atoms with Gasteiger partial charge in [-0.15, -0.1) is 11.8 Å². The van der Waals surface area contributed by atoms with E-state index in [4.69, 9.17) is 5.73 Å². The molecule has 19 heavy (non-hydrogen) atoms. The Kier molecular flexibility index (Phi) is 4.67. The van der Waals surface area contributed by atoms with Crippen LogP contribution in [0.2, 0.25) is 0 Å². The lowest BCUT2D eigenvalue weighted by atomic mass is 10.1. The molecule has 0 radical (unpaired) electrons. The lowest BCUT2D eigenvalue weighted by Crippen LogP contribution is -1.98. The van der Waals surface area contributed by atoms with Gasteiger partial charge in [0.1, 0.15) is 0 Å². The molecule has 1 nitrogen and oxygen atoms in total. The van der Waals surface area contributed by atoms with E-state index in [0.717, 1.165) is 5.75 Å². The second-order valence-electron chi connectivity index (χ2n) is 5.02. The summed E-state index contributed by atoms with van der Waals surface area (Å²) in [5.41, 5.74) is 12.3. The number of thioether (sulfide) groups is 1. The van der Waals surface area contributed by atoms with E-state index >= 15 is 0 Å². The molecule has 2 rings (SSSR count). The predicted octanol–water partition coefficient (Wildman–Crippen LogP) is 4.36.